The molecular weight excluding hydrogens is 328 g/mol. The van der Waals surface area contributed by atoms with Gasteiger partial charge in [-0.1, -0.05) is 61.9 Å². The number of benzene rings is 2. The van der Waals surface area contributed by atoms with E-state index in [9.17, 15) is 9.59 Å². The van der Waals surface area contributed by atoms with Crippen LogP contribution in [-0.4, -0.2) is 23.5 Å². The molecule has 5 heteroatoms. The van der Waals surface area contributed by atoms with Gasteiger partial charge in [0.1, 0.15) is 5.69 Å². The predicted octanol–water partition coefficient (Wildman–Crippen LogP) is 3.98. The normalized spacial score (nSPS) is 11.9. The number of carbonyl (C=O) groups excluding carboxylic acids is 2. The Bertz CT molecular complexity index is 853. The number of ether oxygens (including phenoxy) is 1. The number of amides is 1. The van der Waals surface area contributed by atoms with E-state index in [4.69, 9.17) is 4.74 Å². The Morgan fingerprint density at radius 1 is 1.08 bits per heavy atom. The van der Waals surface area contributed by atoms with Gasteiger partial charge in [0.05, 0.1) is 6.04 Å². The van der Waals surface area contributed by atoms with Crippen LogP contribution in [0.1, 0.15) is 41.9 Å². The molecule has 1 amide bonds. The van der Waals surface area contributed by atoms with Crippen molar-refractivity contribution in [2.75, 3.05) is 6.61 Å². The summed E-state index contributed by atoms with van der Waals surface area (Å²) in [5.74, 6) is -0.847. The van der Waals surface area contributed by atoms with Crippen molar-refractivity contribution in [3.63, 3.8) is 0 Å². The SMILES string of the molecule is CCC[C@H](NC(=O)COC(=O)c1cc2ccccc2[nH]1)c1ccccc1. The maximum absolute atomic E-state index is 12.2. The summed E-state index contributed by atoms with van der Waals surface area (Å²) in [6.07, 6.45) is 1.76. The van der Waals surface area contributed by atoms with Crippen molar-refractivity contribution in [1.29, 1.82) is 0 Å². The first-order chi connectivity index (χ1) is 12.7. The minimum atomic E-state index is -0.539. The summed E-state index contributed by atoms with van der Waals surface area (Å²) in [5, 5.41) is 3.87. The van der Waals surface area contributed by atoms with Crippen LogP contribution in [-0.2, 0) is 9.53 Å². The Balaban J connectivity index is 1.58. The summed E-state index contributed by atoms with van der Waals surface area (Å²) < 4.78 is 5.15. The van der Waals surface area contributed by atoms with E-state index in [1.165, 1.54) is 0 Å². The van der Waals surface area contributed by atoms with E-state index in [1.54, 1.807) is 6.07 Å². The third-order valence-corrected chi connectivity index (χ3v) is 4.20. The molecule has 134 valence electrons. The number of aromatic nitrogens is 1. The number of hydrogen-bond acceptors (Lipinski definition) is 3. The van der Waals surface area contributed by atoms with Gasteiger partial charge in [0.25, 0.3) is 5.91 Å². The number of hydrogen-bond donors (Lipinski definition) is 2. The van der Waals surface area contributed by atoms with E-state index in [0.29, 0.717) is 5.69 Å². The van der Waals surface area contributed by atoms with Crippen molar-refractivity contribution in [1.82, 2.24) is 10.3 Å². The van der Waals surface area contributed by atoms with Gasteiger partial charge in [-0.15, -0.1) is 0 Å². The highest BCUT2D eigenvalue weighted by molar-refractivity contribution is 5.95. The van der Waals surface area contributed by atoms with Crippen molar-refractivity contribution < 1.29 is 14.3 Å². The molecule has 2 aromatic carbocycles. The van der Waals surface area contributed by atoms with Gasteiger partial charge in [-0.2, -0.15) is 0 Å². The van der Waals surface area contributed by atoms with Gasteiger partial charge in [0.15, 0.2) is 6.61 Å². The van der Waals surface area contributed by atoms with Crippen molar-refractivity contribution in [3.05, 3.63) is 71.9 Å². The van der Waals surface area contributed by atoms with Gasteiger partial charge in [-0.3, -0.25) is 4.79 Å². The minimum absolute atomic E-state index is 0.0829. The van der Waals surface area contributed by atoms with Gasteiger partial charge in [0.2, 0.25) is 0 Å². The lowest BCUT2D eigenvalue weighted by Gasteiger charge is -2.18. The van der Waals surface area contributed by atoms with Crippen LogP contribution in [0.25, 0.3) is 10.9 Å². The lowest BCUT2D eigenvalue weighted by molar-refractivity contribution is -0.125. The summed E-state index contributed by atoms with van der Waals surface area (Å²) >= 11 is 0. The third kappa shape index (κ3) is 4.30. The molecule has 1 heterocycles. The monoisotopic (exact) mass is 350 g/mol. The zero-order valence-electron chi connectivity index (χ0n) is 14.7. The number of esters is 1. The highest BCUT2D eigenvalue weighted by Crippen LogP contribution is 2.18. The smallest absolute Gasteiger partial charge is 0.355 e. The highest BCUT2D eigenvalue weighted by atomic mass is 16.5. The Morgan fingerprint density at radius 3 is 2.54 bits per heavy atom. The molecule has 0 radical (unpaired) electrons. The average molecular weight is 350 g/mol. The number of aromatic amines is 1. The van der Waals surface area contributed by atoms with Crippen LogP contribution in [0.4, 0.5) is 0 Å². The quantitative estimate of drug-likeness (QED) is 0.633. The molecule has 0 aliphatic heterocycles. The molecule has 26 heavy (non-hydrogen) atoms. The Hall–Kier alpha value is -3.08. The van der Waals surface area contributed by atoms with Gasteiger partial charge >= 0.3 is 5.97 Å². The fourth-order valence-corrected chi connectivity index (χ4v) is 2.92. The van der Waals surface area contributed by atoms with Crippen molar-refractivity contribution in [3.8, 4) is 0 Å². The molecule has 0 spiro atoms. The molecule has 1 atom stereocenters. The molecule has 3 rings (SSSR count). The first-order valence-electron chi connectivity index (χ1n) is 8.76. The van der Waals surface area contributed by atoms with Crippen LogP contribution >= 0.6 is 0 Å². The highest BCUT2D eigenvalue weighted by Gasteiger charge is 2.16. The standard InChI is InChI=1S/C21H22N2O3/c1-2-8-17(15-9-4-3-5-10-15)23-20(24)14-26-21(25)19-13-16-11-6-7-12-18(16)22-19/h3-7,9-13,17,22H,2,8,14H2,1H3,(H,23,24)/t17-/m0/s1. The summed E-state index contributed by atoms with van der Waals surface area (Å²) in [6, 6.07) is 19.0. The van der Waals surface area contributed by atoms with Gasteiger partial charge < -0.3 is 15.0 Å². The van der Waals surface area contributed by atoms with Crippen molar-refractivity contribution in [2.45, 2.75) is 25.8 Å². The lowest BCUT2D eigenvalue weighted by atomic mass is 10.0. The van der Waals surface area contributed by atoms with E-state index < -0.39 is 5.97 Å². The molecule has 0 saturated heterocycles. The van der Waals surface area contributed by atoms with Gasteiger partial charge in [-0.25, -0.2) is 4.79 Å². The van der Waals surface area contributed by atoms with Crippen LogP contribution in [0.2, 0.25) is 0 Å². The summed E-state index contributed by atoms with van der Waals surface area (Å²) in [7, 11) is 0. The van der Waals surface area contributed by atoms with Crippen molar-refractivity contribution in [2.24, 2.45) is 0 Å². The Morgan fingerprint density at radius 2 is 1.81 bits per heavy atom. The second-order valence-corrected chi connectivity index (χ2v) is 6.17. The van der Waals surface area contributed by atoms with Crippen LogP contribution in [0.5, 0.6) is 0 Å². The second kappa shape index (κ2) is 8.34. The molecule has 3 aromatic rings. The van der Waals surface area contributed by atoms with E-state index >= 15 is 0 Å². The largest absolute Gasteiger partial charge is 0.451 e. The van der Waals surface area contributed by atoms with Gasteiger partial charge in [0, 0.05) is 10.9 Å². The Kier molecular flexibility index (Phi) is 5.69. The van der Waals surface area contributed by atoms with Gasteiger partial charge in [-0.05, 0) is 24.1 Å². The fraction of sp³-hybridized carbons (Fsp3) is 0.238. The molecule has 0 aliphatic carbocycles. The van der Waals surface area contributed by atoms with Crippen LogP contribution in [0.3, 0.4) is 0 Å². The number of H-pyrrole nitrogens is 1. The molecular formula is C21H22N2O3. The molecule has 1 aromatic heterocycles. The maximum atomic E-state index is 12.2. The fourth-order valence-electron chi connectivity index (χ4n) is 2.92. The Labute approximate surface area is 152 Å². The lowest BCUT2D eigenvalue weighted by Crippen LogP contribution is -2.32. The molecule has 0 bridgehead atoms. The van der Waals surface area contributed by atoms with E-state index in [0.717, 1.165) is 29.3 Å². The van der Waals surface area contributed by atoms with Crippen LogP contribution in [0.15, 0.2) is 60.7 Å². The minimum Gasteiger partial charge on any atom is -0.451 e. The molecule has 0 aliphatic rings. The number of fused-ring (bicyclic) bond motifs is 1. The van der Waals surface area contributed by atoms with E-state index in [2.05, 4.69) is 17.2 Å². The zero-order chi connectivity index (χ0) is 18.4. The predicted molar refractivity (Wildman–Crippen MR) is 101 cm³/mol. The van der Waals surface area contributed by atoms with E-state index in [-0.39, 0.29) is 18.6 Å². The first kappa shape index (κ1) is 17.7. The third-order valence-electron chi connectivity index (χ3n) is 4.20. The van der Waals surface area contributed by atoms with Crippen molar-refractivity contribution >= 4 is 22.8 Å². The number of para-hydroxylation sites is 1. The summed E-state index contributed by atoms with van der Waals surface area (Å²) in [6.45, 7) is 1.76. The molecule has 2 N–H and O–H groups in total. The summed E-state index contributed by atoms with van der Waals surface area (Å²) in [4.78, 5) is 27.4. The molecule has 5 nitrogen and oxygen atoms in total. The summed E-state index contributed by atoms with van der Waals surface area (Å²) in [5.41, 5.74) is 2.24. The topological polar surface area (TPSA) is 71.2 Å². The second-order valence-electron chi connectivity index (χ2n) is 6.17. The maximum Gasteiger partial charge on any atom is 0.355 e. The zero-order valence-corrected chi connectivity index (χ0v) is 14.7. The van der Waals surface area contributed by atoms with Crippen LogP contribution < -0.4 is 5.32 Å². The number of nitrogens with one attached hydrogen (secondary N) is 2. The molecule has 0 fully saturated rings. The number of rotatable bonds is 7. The van der Waals surface area contributed by atoms with E-state index in [1.807, 2.05) is 54.6 Å². The molecule has 0 saturated carbocycles. The average Bonchev–Trinajstić information content (AvgIpc) is 3.11. The van der Waals surface area contributed by atoms with Crippen LogP contribution in [0, 0.1) is 0 Å². The first-order valence-corrected chi connectivity index (χ1v) is 8.76. The number of carbonyl (C=O) groups is 2. The molecule has 0 unspecified atom stereocenters.